The monoisotopic (exact) mass is 261 g/mol. The highest BCUT2D eigenvalue weighted by atomic mass is 16.3. The van der Waals surface area contributed by atoms with E-state index in [-0.39, 0.29) is 19.1 Å². The molecule has 4 heteroatoms. The molecule has 19 heavy (non-hydrogen) atoms. The molecule has 0 saturated carbocycles. The highest BCUT2D eigenvalue weighted by molar-refractivity contribution is 5.94. The van der Waals surface area contributed by atoms with Crippen LogP contribution in [0.1, 0.15) is 35.7 Å². The van der Waals surface area contributed by atoms with Crippen molar-refractivity contribution < 1.29 is 15.0 Å². The zero-order chi connectivity index (χ0) is 14.1. The molecule has 1 atom stereocenters. The normalized spacial score (nSPS) is 11.3. The van der Waals surface area contributed by atoms with Crippen LogP contribution >= 0.6 is 0 Å². The van der Waals surface area contributed by atoms with E-state index in [2.05, 4.69) is 17.2 Å². The van der Waals surface area contributed by atoms with E-state index in [1.54, 1.807) is 25.1 Å². The summed E-state index contributed by atoms with van der Waals surface area (Å²) in [4.78, 5) is 11.8. The first-order chi connectivity index (χ1) is 9.13. The van der Waals surface area contributed by atoms with Crippen LogP contribution in [-0.4, -0.2) is 35.4 Å². The maximum absolute atomic E-state index is 11.8. The lowest BCUT2D eigenvalue weighted by Gasteiger charge is -2.07. The van der Waals surface area contributed by atoms with Crippen molar-refractivity contribution in [2.45, 2.75) is 25.9 Å². The van der Waals surface area contributed by atoms with Gasteiger partial charge in [-0.05, 0) is 31.5 Å². The van der Waals surface area contributed by atoms with E-state index >= 15 is 0 Å². The predicted octanol–water partition coefficient (Wildman–Crippen LogP) is 0.921. The summed E-state index contributed by atoms with van der Waals surface area (Å²) in [6.07, 6.45) is 0.724. The van der Waals surface area contributed by atoms with Crippen molar-refractivity contribution in [2.24, 2.45) is 0 Å². The Morgan fingerprint density at radius 1 is 1.47 bits per heavy atom. The lowest BCUT2D eigenvalue weighted by molar-refractivity contribution is 0.0924. The standard InChI is InChI=1S/C15H19NO3/c1-12(18)11-16-15(19)14-8-5-7-13(10-14)6-3-2-4-9-17/h5,7-8,10,12,17-18H,2,4,9,11H2,1H3,(H,16,19). The van der Waals surface area contributed by atoms with Gasteiger partial charge in [0, 0.05) is 30.7 Å². The number of hydrogen-bond acceptors (Lipinski definition) is 3. The van der Waals surface area contributed by atoms with Crippen molar-refractivity contribution in [3.05, 3.63) is 35.4 Å². The summed E-state index contributed by atoms with van der Waals surface area (Å²) in [5.41, 5.74) is 1.29. The minimum Gasteiger partial charge on any atom is -0.396 e. The first kappa shape index (κ1) is 15.2. The molecule has 3 N–H and O–H groups in total. The summed E-state index contributed by atoms with van der Waals surface area (Å²) in [5, 5.41) is 20.4. The SMILES string of the molecule is CC(O)CNC(=O)c1cccc(C#CCCCO)c1. The summed E-state index contributed by atoms with van der Waals surface area (Å²) in [5.74, 6) is 5.66. The van der Waals surface area contributed by atoms with Crippen molar-refractivity contribution in [1.29, 1.82) is 0 Å². The van der Waals surface area contributed by atoms with Gasteiger partial charge in [-0.25, -0.2) is 0 Å². The lowest BCUT2D eigenvalue weighted by atomic mass is 10.1. The van der Waals surface area contributed by atoms with Crippen LogP contribution in [0.5, 0.6) is 0 Å². The third kappa shape index (κ3) is 6.05. The van der Waals surface area contributed by atoms with Gasteiger partial charge in [0.2, 0.25) is 0 Å². The quantitative estimate of drug-likeness (QED) is 0.545. The Morgan fingerprint density at radius 3 is 2.95 bits per heavy atom. The molecule has 0 saturated heterocycles. The Morgan fingerprint density at radius 2 is 2.26 bits per heavy atom. The second-order valence-electron chi connectivity index (χ2n) is 4.27. The number of benzene rings is 1. The average Bonchev–Trinajstić information content (AvgIpc) is 2.41. The molecule has 0 radical (unpaired) electrons. The molecule has 0 fully saturated rings. The van der Waals surface area contributed by atoms with Gasteiger partial charge in [0.15, 0.2) is 0 Å². The topological polar surface area (TPSA) is 69.6 Å². The number of carbonyl (C=O) groups is 1. The summed E-state index contributed by atoms with van der Waals surface area (Å²) >= 11 is 0. The van der Waals surface area contributed by atoms with Gasteiger partial charge in [0.25, 0.3) is 5.91 Å². The van der Waals surface area contributed by atoms with Crippen LogP contribution in [0.25, 0.3) is 0 Å². The summed E-state index contributed by atoms with van der Waals surface area (Å²) < 4.78 is 0. The van der Waals surface area contributed by atoms with Crippen molar-refractivity contribution in [3.8, 4) is 11.8 Å². The Labute approximate surface area is 113 Å². The number of rotatable bonds is 5. The smallest absolute Gasteiger partial charge is 0.251 e. The molecule has 0 bridgehead atoms. The third-order valence-corrected chi connectivity index (χ3v) is 2.38. The van der Waals surface area contributed by atoms with Gasteiger partial charge in [-0.1, -0.05) is 17.9 Å². The number of unbranched alkanes of at least 4 members (excludes halogenated alkanes) is 1. The molecule has 1 amide bonds. The van der Waals surface area contributed by atoms with Crippen LogP contribution in [0.2, 0.25) is 0 Å². The van der Waals surface area contributed by atoms with E-state index < -0.39 is 6.10 Å². The number of aliphatic hydroxyl groups excluding tert-OH is 2. The molecule has 0 aliphatic rings. The van der Waals surface area contributed by atoms with Crippen LogP contribution < -0.4 is 5.32 Å². The van der Waals surface area contributed by atoms with Crippen molar-refractivity contribution in [3.63, 3.8) is 0 Å². The van der Waals surface area contributed by atoms with Gasteiger partial charge in [0.05, 0.1) is 6.10 Å². The highest BCUT2D eigenvalue weighted by Crippen LogP contribution is 2.04. The van der Waals surface area contributed by atoms with Gasteiger partial charge < -0.3 is 15.5 Å². The van der Waals surface area contributed by atoms with Crippen molar-refractivity contribution in [2.75, 3.05) is 13.2 Å². The Balaban J connectivity index is 2.65. The molecule has 1 unspecified atom stereocenters. The molecule has 0 spiro atoms. The predicted molar refractivity (Wildman–Crippen MR) is 73.7 cm³/mol. The molecular weight excluding hydrogens is 242 g/mol. The minimum absolute atomic E-state index is 0.135. The first-order valence-corrected chi connectivity index (χ1v) is 6.29. The molecule has 0 aliphatic heterocycles. The average molecular weight is 261 g/mol. The van der Waals surface area contributed by atoms with Gasteiger partial charge >= 0.3 is 0 Å². The fraction of sp³-hybridized carbons (Fsp3) is 0.400. The van der Waals surface area contributed by atoms with Crippen LogP contribution in [0, 0.1) is 11.8 Å². The van der Waals surface area contributed by atoms with E-state index in [0.717, 1.165) is 5.56 Å². The zero-order valence-corrected chi connectivity index (χ0v) is 11.0. The third-order valence-electron chi connectivity index (χ3n) is 2.38. The maximum Gasteiger partial charge on any atom is 0.251 e. The molecular formula is C15H19NO3. The number of aliphatic hydroxyl groups is 2. The summed E-state index contributed by atoms with van der Waals surface area (Å²) in [6.45, 7) is 1.98. The fourth-order valence-electron chi connectivity index (χ4n) is 1.41. The number of nitrogens with one attached hydrogen (secondary N) is 1. The van der Waals surface area contributed by atoms with Crippen molar-refractivity contribution in [1.82, 2.24) is 5.32 Å². The van der Waals surface area contributed by atoms with Crippen molar-refractivity contribution >= 4 is 5.91 Å². The van der Waals surface area contributed by atoms with E-state index in [0.29, 0.717) is 18.4 Å². The van der Waals surface area contributed by atoms with Crippen LogP contribution in [-0.2, 0) is 0 Å². The zero-order valence-electron chi connectivity index (χ0n) is 11.0. The van der Waals surface area contributed by atoms with Gasteiger partial charge in [-0.3, -0.25) is 4.79 Å². The molecule has 1 aromatic rings. The summed E-state index contributed by atoms with van der Waals surface area (Å²) in [6, 6.07) is 7.02. The largest absolute Gasteiger partial charge is 0.396 e. The molecule has 0 heterocycles. The number of hydrogen-bond donors (Lipinski definition) is 3. The number of carbonyl (C=O) groups excluding carboxylic acids is 1. The molecule has 1 rings (SSSR count). The Hall–Kier alpha value is -1.83. The molecule has 0 aromatic heterocycles. The minimum atomic E-state index is -0.564. The van der Waals surface area contributed by atoms with E-state index in [9.17, 15) is 4.79 Å². The summed E-state index contributed by atoms with van der Waals surface area (Å²) in [7, 11) is 0. The second kappa shape index (κ2) is 8.30. The molecule has 1 aromatic carbocycles. The van der Waals surface area contributed by atoms with E-state index in [4.69, 9.17) is 10.2 Å². The van der Waals surface area contributed by atoms with Gasteiger partial charge in [-0.2, -0.15) is 0 Å². The fourth-order valence-corrected chi connectivity index (χ4v) is 1.41. The van der Waals surface area contributed by atoms with Gasteiger partial charge in [-0.15, -0.1) is 0 Å². The van der Waals surface area contributed by atoms with E-state index in [1.807, 2.05) is 6.07 Å². The first-order valence-electron chi connectivity index (χ1n) is 6.29. The molecule has 102 valence electrons. The van der Waals surface area contributed by atoms with Gasteiger partial charge in [0.1, 0.15) is 0 Å². The lowest BCUT2D eigenvalue weighted by Crippen LogP contribution is -2.30. The number of amides is 1. The second-order valence-corrected chi connectivity index (χ2v) is 4.27. The Kier molecular flexibility index (Phi) is 6.65. The van der Waals surface area contributed by atoms with Crippen LogP contribution in [0.3, 0.4) is 0 Å². The van der Waals surface area contributed by atoms with Crippen LogP contribution in [0.4, 0.5) is 0 Å². The highest BCUT2D eigenvalue weighted by Gasteiger charge is 2.06. The molecule has 4 nitrogen and oxygen atoms in total. The maximum atomic E-state index is 11.8. The Bertz CT molecular complexity index is 472. The van der Waals surface area contributed by atoms with E-state index in [1.165, 1.54) is 0 Å². The molecule has 0 aliphatic carbocycles. The van der Waals surface area contributed by atoms with Crippen LogP contribution in [0.15, 0.2) is 24.3 Å².